The van der Waals surface area contributed by atoms with Gasteiger partial charge in [0.05, 0.1) is 13.7 Å². The van der Waals surface area contributed by atoms with Crippen LogP contribution in [0, 0.1) is 13.8 Å². The van der Waals surface area contributed by atoms with Crippen molar-refractivity contribution in [1.29, 1.82) is 0 Å². The minimum atomic E-state index is -3.98. The molecule has 0 unspecified atom stereocenters. The molecule has 0 fully saturated rings. The SMILES string of the molecule is CC[C@H](CO)NS(=O)(=O)c1c(C)oc(C)c1C(=O)OC. The third-order valence-corrected chi connectivity index (χ3v) is 4.57. The maximum atomic E-state index is 12.3. The van der Waals surface area contributed by atoms with Gasteiger partial charge in [0.25, 0.3) is 0 Å². The molecule has 0 aromatic carbocycles. The molecule has 0 spiro atoms. The Balaban J connectivity index is 3.35. The van der Waals surface area contributed by atoms with Crippen LogP contribution in [0.15, 0.2) is 9.31 Å². The van der Waals surface area contributed by atoms with Gasteiger partial charge in [-0.15, -0.1) is 0 Å². The summed E-state index contributed by atoms with van der Waals surface area (Å²) >= 11 is 0. The average molecular weight is 305 g/mol. The van der Waals surface area contributed by atoms with Crippen LogP contribution in [0.1, 0.15) is 35.2 Å². The van der Waals surface area contributed by atoms with E-state index in [4.69, 9.17) is 9.52 Å². The summed E-state index contributed by atoms with van der Waals surface area (Å²) in [6.07, 6.45) is 0.416. The number of hydrogen-bond donors (Lipinski definition) is 2. The van der Waals surface area contributed by atoms with E-state index in [0.29, 0.717) is 6.42 Å². The number of carbonyl (C=O) groups excluding carboxylic acids is 1. The van der Waals surface area contributed by atoms with Crippen LogP contribution in [-0.2, 0) is 14.8 Å². The summed E-state index contributed by atoms with van der Waals surface area (Å²) in [4.78, 5) is 11.5. The van der Waals surface area contributed by atoms with Crippen molar-refractivity contribution in [3.8, 4) is 0 Å². The second kappa shape index (κ2) is 6.38. The molecule has 1 aromatic rings. The summed E-state index contributed by atoms with van der Waals surface area (Å²) in [7, 11) is -2.82. The van der Waals surface area contributed by atoms with Crippen molar-refractivity contribution < 1.29 is 27.5 Å². The third-order valence-electron chi connectivity index (χ3n) is 2.90. The number of methoxy groups -OCH3 is 1. The predicted octanol–water partition coefficient (Wildman–Crippen LogP) is 0.732. The highest BCUT2D eigenvalue weighted by atomic mass is 32.2. The van der Waals surface area contributed by atoms with Crippen molar-refractivity contribution in [3.05, 3.63) is 17.1 Å². The van der Waals surface area contributed by atoms with Crippen LogP contribution in [0.2, 0.25) is 0 Å². The molecule has 20 heavy (non-hydrogen) atoms. The first-order valence-electron chi connectivity index (χ1n) is 6.09. The minimum absolute atomic E-state index is 0.100. The first-order chi connectivity index (χ1) is 9.28. The lowest BCUT2D eigenvalue weighted by Gasteiger charge is -2.14. The Kier molecular flexibility index (Phi) is 5.32. The highest BCUT2D eigenvalue weighted by molar-refractivity contribution is 7.89. The fraction of sp³-hybridized carbons (Fsp3) is 0.583. The number of esters is 1. The Morgan fingerprint density at radius 3 is 2.45 bits per heavy atom. The standard InChI is InChI=1S/C12H19NO6S/c1-5-9(6-14)13-20(16,17)11-8(3)19-7(2)10(11)12(15)18-4/h9,13-14H,5-6H2,1-4H3/t9-/m1/s1. The number of carbonyl (C=O) groups is 1. The Morgan fingerprint density at radius 1 is 1.40 bits per heavy atom. The van der Waals surface area contributed by atoms with Crippen molar-refractivity contribution >= 4 is 16.0 Å². The van der Waals surface area contributed by atoms with E-state index < -0.39 is 22.0 Å². The van der Waals surface area contributed by atoms with Gasteiger partial charge < -0.3 is 14.3 Å². The molecule has 1 rings (SSSR count). The Hall–Kier alpha value is -1.38. The molecule has 1 heterocycles. The van der Waals surface area contributed by atoms with Gasteiger partial charge >= 0.3 is 5.97 Å². The molecule has 0 radical (unpaired) electrons. The predicted molar refractivity (Wildman–Crippen MR) is 71.0 cm³/mol. The summed E-state index contributed by atoms with van der Waals surface area (Å²) in [5.74, 6) is -0.508. The molecule has 0 aliphatic rings. The van der Waals surface area contributed by atoms with E-state index in [1.807, 2.05) is 0 Å². The van der Waals surface area contributed by atoms with E-state index in [9.17, 15) is 13.2 Å². The van der Waals surface area contributed by atoms with Gasteiger partial charge in [0, 0.05) is 6.04 Å². The molecule has 0 saturated carbocycles. The number of aliphatic hydroxyl groups excluding tert-OH is 1. The molecule has 0 saturated heterocycles. The van der Waals surface area contributed by atoms with Crippen molar-refractivity contribution in [2.24, 2.45) is 0 Å². The molecular weight excluding hydrogens is 286 g/mol. The van der Waals surface area contributed by atoms with Crippen LogP contribution in [-0.4, -0.2) is 39.3 Å². The van der Waals surface area contributed by atoms with Crippen LogP contribution in [0.5, 0.6) is 0 Å². The number of rotatable bonds is 6. The van der Waals surface area contributed by atoms with Crippen LogP contribution < -0.4 is 4.72 Å². The minimum Gasteiger partial charge on any atom is -0.465 e. The molecule has 2 N–H and O–H groups in total. The first-order valence-corrected chi connectivity index (χ1v) is 7.58. The summed E-state index contributed by atoms with van der Waals surface area (Å²) < 4.78 is 36.8. The van der Waals surface area contributed by atoms with E-state index in [0.717, 1.165) is 7.11 Å². The van der Waals surface area contributed by atoms with Crippen molar-refractivity contribution in [2.45, 2.75) is 38.1 Å². The number of aryl methyl sites for hydroxylation is 2. The van der Waals surface area contributed by atoms with Crippen molar-refractivity contribution in [2.75, 3.05) is 13.7 Å². The van der Waals surface area contributed by atoms with Gasteiger partial charge in [0.2, 0.25) is 10.0 Å². The summed E-state index contributed by atoms with van der Waals surface area (Å²) in [5, 5.41) is 9.09. The highest BCUT2D eigenvalue weighted by Crippen LogP contribution is 2.27. The van der Waals surface area contributed by atoms with Gasteiger partial charge in [-0.3, -0.25) is 0 Å². The van der Waals surface area contributed by atoms with Crippen molar-refractivity contribution in [1.82, 2.24) is 4.72 Å². The maximum Gasteiger partial charge on any atom is 0.342 e. The molecule has 1 aromatic heterocycles. The normalized spacial score (nSPS) is 13.2. The number of sulfonamides is 1. The lowest BCUT2D eigenvalue weighted by atomic mass is 10.2. The molecule has 1 atom stereocenters. The summed E-state index contributed by atoms with van der Waals surface area (Å²) in [6, 6.07) is -0.625. The lowest BCUT2D eigenvalue weighted by Crippen LogP contribution is -2.37. The smallest absolute Gasteiger partial charge is 0.342 e. The van der Waals surface area contributed by atoms with E-state index in [1.165, 1.54) is 13.8 Å². The van der Waals surface area contributed by atoms with Crippen LogP contribution in [0.4, 0.5) is 0 Å². The zero-order valence-electron chi connectivity index (χ0n) is 11.9. The molecule has 7 nitrogen and oxygen atoms in total. The molecule has 0 aliphatic heterocycles. The molecule has 0 aliphatic carbocycles. The Labute approximate surface area is 118 Å². The molecular formula is C12H19NO6S. The Bertz CT molecular complexity index is 585. The van der Waals surface area contributed by atoms with Crippen LogP contribution in [0.3, 0.4) is 0 Å². The van der Waals surface area contributed by atoms with Crippen LogP contribution >= 0.6 is 0 Å². The zero-order valence-corrected chi connectivity index (χ0v) is 12.7. The molecule has 0 bridgehead atoms. The first kappa shape index (κ1) is 16.7. The van der Waals surface area contributed by atoms with E-state index >= 15 is 0 Å². The van der Waals surface area contributed by atoms with Crippen LogP contribution in [0.25, 0.3) is 0 Å². The number of nitrogens with one attached hydrogen (secondary N) is 1. The fourth-order valence-corrected chi connectivity index (χ4v) is 3.57. The van der Waals surface area contributed by atoms with Gasteiger partial charge in [-0.1, -0.05) is 6.92 Å². The number of hydrogen-bond acceptors (Lipinski definition) is 6. The lowest BCUT2D eigenvalue weighted by molar-refractivity contribution is 0.0595. The molecule has 114 valence electrons. The van der Waals surface area contributed by atoms with Gasteiger partial charge in [-0.05, 0) is 20.3 Å². The highest BCUT2D eigenvalue weighted by Gasteiger charge is 2.32. The van der Waals surface area contributed by atoms with Crippen molar-refractivity contribution in [3.63, 3.8) is 0 Å². The summed E-state index contributed by atoms with van der Waals surface area (Å²) in [5.41, 5.74) is -0.120. The quantitative estimate of drug-likeness (QED) is 0.751. The summed E-state index contributed by atoms with van der Waals surface area (Å²) in [6.45, 7) is 4.34. The number of furan rings is 1. The van der Waals surface area contributed by atoms with Gasteiger partial charge in [0.15, 0.2) is 0 Å². The number of aliphatic hydroxyl groups is 1. The maximum absolute atomic E-state index is 12.3. The van der Waals surface area contributed by atoms with Gasteiger partial charge in [0.1, 0.15) is 22.0 Å². The zero-order chi connectivity index (χ0) is 15.5. The van der Waals surface area contributed by atoms with E-state index in [2.05, 4.69) is 9.46 Å². The second-order valence-electron chi connectivity index (χ2n) is 4.32. The third kappa shape index (κ3) is 3.20. The topological polar surface area (TPSA) is 106 Å². The van der Waals surface area contributed by atoms with E-state index in [1.54, 1.807) is 6.92 Å². The second-order valence-corrected chi connectivity index (χ2v) is 5.97. The average Bonchev–Trinajstić information content (AvgIpc) is 2.70. The number of ether oxygens (including phenoxy) is 1. The molecule has 0 amide bonds. The van der Waals surface area contributed by atoms with E-state index in [-0.39, 0.29) is 28.6 Å². The Morgan fingerprint density at radius 2 is 2.00 bits per heavy atom. The van der Waals surface area contributed by atoms with Gasteiger partial charge in [-0.2, -0.15) is 0 Å². The fourth-order valence-electron chi connectivity index (χ4n) is 1.85. The largest absolute Gasteiger partial charge is 0.465 e. The monoisotopic (exact) mass is 305 g/mol. The van der Waals surface area contributed by atoms with Gasteiger partial charge in [-0.25, -0.2) is 17.9 Å². The molecule has 8 heteroatoms.